The summed E-state index contributed by atoms with van der Waals surface area (Å²) in [7, 11) is 10.3. The molecule has 1 aromatic heterocycles. The number of hydrogen-bond acceptors (Lipinski definition) is 2. The Labute approximate surface area is 72.4 Å². The number of rotatable bonds is 1. The maximum atomic E-state index is 9.05. The number of hydrogen-bond donors (Lipinski definition) is 1. The van der Waals surface area contributed by atoms with E-state index in [0.717, 1.165) is 0 Å². The van der Waals surface area contributed by atoms with E-state index in [0.29, 0.717) is 10.7 Å². The van der Waals surface area contributed by atoms with Gasteiger partial charge in [-0.15, -0.1) is 0 Å². The molecule has 0 atom stereocenters. The highest BCUT2D eigenvalue weighted by Gasteiger charge is 2.14. The summed E-state index contributed by atoms with van der Waals surface area (Å²) in [6.07, 6.45) is 1.32. The molecule has 1 heterocycles. The van der Waals surface area contributed by atoms with Crippen molar-refractivity contribution in [1.82, 2.24) is 4.98 Å². The summed E-state index contributed by atoms with van der Waals surface area (Å²) < 4.78 is 0. The fourth-order valence-electron chi connectivity index (χ4n) is 0.613. The molecule has 5 heteroatoms. The van der Waals surface area contributed by atoms with Crippen LogP contribution in [0.25, 0.3) is 0 Å². The van der Waals surface area contributed by atoms with Gasteiger partial charge in [0, 0.05) is 11.6 Å². The zero-order chi connectivity index (χ0) is 8.48. The average Bonchev–Trinajstić information content (AvgIpc) is 1.86. The first kappa shape index (κ1) is 8.62. The van der Waals surface area contributed by atoms with Gasteiger partial charge in [0.1, 0.15) is 20.8 Å². The lowest BCUT2D eigenvalue weighted by Crippen LogP contribution is -2.25. The Morgan fingerprint density at radius 2 is 2.09 bits per heavy atom. The first-order valence-corrected chi connectivity index (χ1v) is 3.30. The molecule has 0 saturated carbocycles. The van der Waals surface area contributed by atoms with Crippen molar-refractivity contribution in [3.8, 4) is 0 Å². The van der Waals surface area contributed by atoms with Crippen LogP contribution in [-0.4, -0.2) is 25.8 Å². The van der Waals surface area contributed by atoms with Crippen LogP contribution in [0, 0.1) is 0 Å². The Morgan fingerprint density at radius 1 is 1.45 bits per heavy atom. The monoisotopic (exact) mass is 163 g/mol. The summed E-state index contributed by atoms with van der Waals surface area (Å²) in [5.41, 5.74) is 0.321. The van der Waals surface area contributed by atoms with Gasteiger partial charge in [0.05, 0.1) is 0 Å². The van der Waals surface area contributed by atoms with Crippen LogP contribution in [-0.2, 0) is 5.40 Å². The van der Waals surface area contributed by atoms with Gasteiger partial charge in [0.2, 0.25) is 0 Å². The minimum atomic E-state index is -1.84. The predicted molar refractivity (Wildman–Crippen MR) is 44.7 cm³/mol. The van der Waals surface area contributed by atoms with Gasteiger partial charge in [-0.1, -0.05) is 17.7 Å². The van der Waals surface area contributed by atoms with Gasteiger partial charge in [0.25, 0.3) is 0 Å². The van der Waals surface area contributed by atoms with E-state index < -0.39 is 5.40 Å². The molecule has 52 valence electrons. The van der Waals surface area contributed by atoms with E-state index in [1.165, 1.54) is 18.3 Å². The van der Waals surface area contributed by atoms with Gasteiger partial charge in [-0.25, -0.2) is 4.98 Å². The number of pyridine rings is 1. The lowest BCUT2D eigenvalue weighted by molar-refractivity contribution is 0.216. The second-order valence-corrected chi connectivity index (χ2v) is 2.58. The van der Waals surface area contributed by atoms with E-state index in [2.05, 4.69) is 4.98 Å². The molecule has 0 unspecified atom stereocenters. The van der Waals surface area contributed by atoms with Crippen molar-refractivity contribution in [2.75, 3.05) is 0 Å². The van der Waals surface area contributed by atoms with Gasteiger partial charge in [-0.05, 0) is 11.6 Å². The summed E-state index contributed by atoms with van der Waals surface area (Å²) in [6.45, 7) is 0. The summed E-state index contributed by atoms with van der Waals surface area (Å²) in [5.74, 6) is 0. The van der Waals surface area contributed by atoms with Crippen molar-refractivity contribution in [1.29, 1.82) is 0 Å². The molecule has 0 fully saturated rings. The highest BCUT2D eigenvalue weighted by Crippen LogP contribution is 2.13. The molecule has 0 amide bonds. The third-order valence-corrected chi connectivity index (χ3v) is 1.41. The number of halogens is 1. The Hall–Kier alpha value is -0.470. The number of nitrogens with zero attached hydrogens (tertiary/aromatic N) is 1. The van der Waals surface area contributed by atoms with E-state index in [1.54, 1.807) is 0 Å². The van der Waals surface area contributed by atoms with E-state index in [4.69, 9.17) is 32.4 Å². The molecule has 0 aliphatic rings. The van der Waals surface area contributed by atoms with E-state index in [9.17, 15) is 0 Å². The van der Waals surface area contributed by atoms with Crippen molar-refractivity contribution in [2.45, 2.75) is 5.40 Å². The molecule has 11 heavy (non-hydrogen) atoms. The second kappa shape index (κ2) is 2.87. The van der Waals surface area contributed by atoms with Crippen LogP contribution in [0.2, 0.25) is 5.15 Å². The van der Waals surface area contributed by atoms with Gasteiger partial charge >= 0.3 is 0 Å². The van der Waals surface area contributed by atoms with Gasteiger partial charge in [-0.3, -0.25) is 0 Å². The molecule has 0 saturated heterocycles. The van der Waals surface area contributed by atoms with Crippen molar-refractivity contribution in [3.63, 3.8) is 0 Å². The minimum Gasteiger partial charge on any atom is -0.405 e. The van der Waals surface area contributed by atoms with Crippen LogP contribution in [0.5, 0.6) is 0 Å². The van der Waals surface area contributed by atoms with Crippen molar-refractivity contribution >= 4 is 27.3 Å². The molecule has 2 nitrogen and oxygen atoms in total. The maximum Gasteiger partial charge on any atom is 0.129 e. The molecular formula is C6H4B2ClNO. The molecule has 1 aromatic rings. The molecule has 1 rings (SSSR count). The van der Waals surface area contributed by atoms with E-state index >= 15 is 0 Å². The zero-order valence-electron chi connectivity index (χ0n) is 5.66. The normalized spacial score (nSPS) is 11.5. The molecule has 1 N–H and O–H groups in total. The van der Waals surface area contributed by atoms with Crippen molar-refractivity contribution in [3.05, 3.63) is 29.0 Å². The lowest BCUT2D eigenvalue weighted by atomic mass is 9.62. The van der Waals surface area contributed by atoms with Crippen LogP contribution in [0.4, 0.5) is 0 Å². The van der Waals surface area contributed by atoms with Crippen molar-refractivity contribution < 1.29 is 5.11 Å². The third-order valence-electron chi connectivity index (χ3n) is 1.19. The molecule has 0 aliphatic carbocycles. The largest absolute Gasteiger partial charge is 0.405 e. The first-order valence-electron chi connectivity index (χ1n) is 2.92. The minimum absolute atomic E-state index is 0.321. The highest BCUT2D eigenvalue weighted by molar-refractivity contribution is 6.38. The maximum absolute atomic E-state index is 9.05. The smallest absolute Gasteiger partial charge is 0.129 e. The SMILES string of the molecule is [B]C([B])(O)c1ccc(Cl)nc1. The van der Waals surface area contributed by atoms with Crippen LogP contribution in [0.3, 0.4) is 0 Å². The topological polar surface area (TPSA) is 33.1 Å². The van der Waals surface area contributed by atoms with Gasteiger partial charge in [-0.2, -0.15) is 0 Å². The molecule has 0 bridgehead atoms. The van der Waals surface area contributed by atoms with Gasteiger partial charge < -0.3 is 5.11 Å². The number of aliphatic hydroxyl groups is 1. The van der Waals surface area contributed by atoms with E-state index in [1.807, 2.05) is 0 Å². The molecule has 0 aromatic carbocycles. The summed E-state index contributed by atoms with van der Waals surface area (Å²) in [5, 5.41) is 7.55. The Bertz CT molecular complexity index is 244. The average molecular weight is 163 g/mol. The predicted octanol–water partition coefficient (Wildman–Crippen LogP) is 0.175. The van der Waals surface area contributed by atoms with E-state index in [-0.39, 0.29) is 0 Å². The van der Waals surface area contributed by atoms with Crippen LogP contribution in [0.1, 0.15) is 5.56 Å². The fourth-order valence-corrected chi connectivity index (χ4v) is 0.725. The zero-order valence-corrected chi connectivity index (χ0v) is 6.42. The quantitative estimate of drug-likeness (QED) is 0.473. The Balaban J connectivity index is 2.99. The van der Waals surface area contributed by atoms with Gasteiger partial charge in [0.15, 0.2) is 0 Å². The molecule has 0 aliphatic heterocycles. The Morgan fingerprint density at radius 3 is 2.45 bits per heavy atom. The molecule has 0 spiro atoms. The summed E-state index contributed by atoms with van der Waals surface area (Å²) in [4.78, 5) is 3.69. The third kappa shape index (κ3) is 2.24. The van der Waals surface area contributed by atoms with Crippen molar-refractivity contribution in [2.24, 2.45) is 0 Å². The first-order chi connectivity index (χ1) is 5.00. The standard InChI is InChI=1S/C6H4B2ClNO/c7-6(8,11)4-1-2-5(9)10-3-4/h1-3,11H. The fraction of sp³-hybridized carbons (Fsp3) is 0.167. The highest BCUT2D eigenvalue weighted by atomic mass is 35.5. The van der Waals surface area contributed by atoms with Crippen LogP contribution >= 0.6 is 11.6 Å². The summed E-state index contributed by atoms with van der Waals surface area (Å²) >= 11 is 5.49. The lowest BCUT2D eigenvalue weighted by Gasteiger charge is -2.17. The summed E-state index contributed by atoms with van der Waals surface area (Å²) in [6, 6.07) is 3.01. The molecule has 4 radical (unpaired) electrons. The Kier molecular flexibility index (Phi) is 2.25. The van der Waals surface area contributed by atoms with Crippen LogP contribution < -0.4 is 0 Å². The molecular weight excluding hydrogens is 159 g/mol. The second-order valence-electron chi connectivity index (χ2n) is 2.19. The van der Waals surface area contributed by atoms with Crippen LogP contribution in [0.15, 0.2) is 18.3 Å². The number of aromatic nitrogens is 1.